The molecule has 2 rings (SSSR count). The van der Waals surface area contributed by atoms with Crippen LogP contribution >= 0.6 is 0 Å². The molecule has 0 radical (unpaired) electrons. The fraction of sp³-hybridized carbons (Fsp3) is 0.158. The van der Waals surface area contributed by atoms with Crippen LogP contribution < -0.4 is 10.1 Å². The maximum absolute atomic E-state index is 12.3. The Labute approximate surface area is 136 Å². The van der Waals surface area contributed by atoms with Gasteiger partial charge >= 0.3 is 0 Å². The molecule has 0 bridgehead atoms. The van der Waals surface area contributed by atoms with E-state index in [4.69, 9.17) is 4.74 Å². The van der Waals surface area contributed by atoms with Crippen LogP contribution in [0, 0.1) is 25.2 Å². The van der Waals surface area contributed by atoms with Crippen LogP contribution in [0.1, 0.15) is 16.7 Å². The van der Waals surface area contributed by atoms with Crippen LogP contribution in [-0.4, -0.2) is 13.0 Å². The van der Waals surface area contributed by atoms with Crippen molar-refractivity contribution >= 4 is 17.7 Å². The van der Waals surface area contributed by atoms with Crippen molar-refractivity contribution in [2.24, 2.45) is 0 Å². The lowest BCUT2D eigenvalue weighted by atomic mass is 10.0. The number of benzene rings is 2. The number of carbonyl (C=O) groups excluding carboxylic acids is 1. The molecule has 0 saturated carbocycles. The van der Waals surface area contributed by atoms with Gasteiger partial charge in [0.25, 0.3) is 5.91 Å². The van der Waals surface area contributed by atoms with Gasteiger partial charge in [0.2, 0.25) is 0 Å². The Morgan fingerprint density at radius 1 is 1.22 bits per heavy atom. The van der Waals surface area contributed by atoms with E-state index in [1.165, 1.54) is 0 Å². The highest BCUT2D eigenvalue weighted by Crippen LogP contribution is 2.19. The highest BCUT2D eigenvalue weighted by atomic mass is 16.5. The number of rotatable bonds is 4. The number of amides is 1. The normalized spacial score (nSPS) is 10.8. The number of carbonyl (C=O) groups is 1. The first-order valence-electron chi connectivity index (χ1n) is 7.18. The first kappa shape index (κ1) is 16.3. The van der Waals surface area contributed by atoms with Gasteiger partial charge in [0.15, 0.2) is 0 Å². The third-order valence-corrected chi connectivity index (χ3v) is 3.42. The van der Waals surface area contributed by atoms with Gasteiger partial charge in [0.05, 0.1) is 7.11 Å². The zero-order chi connectivity index (χ0) is 16.8. The highest BCUT2D eigenvalue weighted by Gasteiger charge is 2.10. The number of hydrogen-bond donors (Lipinski definition) is 1. The summed E-state index contributed by atoms with van der Waals surface area (Å²) in [6.45, 7) is 3.95. The molecule has 0 aliphatic carbocycles. The van der Waals surface area contributed by atoms with E-state index in [-0.39, 0.29) is 5.57 Å². The van der Waals surface area contributed by atoms with Crippen molar-refractivity contribution in [2.45, 2.75) is 13.8 Å². The molecule has 0 atom stereocenters. The summed E-state index contributed by atoms with van der Waals surface area (Å²) in [4.78, 5) is 12.3. The molecule has 4 nitrogen and oxygen atoms in total. The van der Waals surface area contributed by atoms with E-state index >= 15 is 0 Å². The molecule has 0 fully saturated rings. The number of nitrogens with zero attached hydrogens (tertiary/aromatic N) is 1. The standard InChI is InChI=1S/C19H18N2O2/c1-13-7-8-15(14(2)9-13)10-16(12-20)19(22)21-17-5-4-6-18(11-17)23-3/h4-11H,1-3H3,(H,21,22)/b16-10-. The molecule has 2 aromatic rings. The summed E-state index contributed by atoms with van der Waals surface area (Å²) >= 11 is 0. The summed E-state index contributed by atoms with van der Waals surface area (Å²) in [6.07, 6.45) is 1.60. The fourth-order valence-electron chi connectivity index (χ4n) is 2.19. The van der Waals surface area contributed by atoms with Crippen LogP contribution in [0.5, 0.6) is 5.75 Å². The lowest BCUT2D eigenvalue weighted by Gasteiger charge is -2.07. The van der Waals surface area contributed by atoms with Crippen LogP contribution in [0.2, 0.25) is 0 Å². The Kier molecular flexibility index (Phi) is 5.16. The van der Waals surface area contributed by atoms with Gasteiger partial charge in [-0.25, -0.2) is 0 Å². The largest absolute Gasteiger partial charge is 0.497 e. The molecule has 2 aromatic carbocycles. The molecule has 0 aromatic heterocycles. The summed E-state index contributed by atoms with van der Waals surface area (Å²) in [5.74, 6) is 0.195. The van der Waals surface area contributed by atoms with Crippen LogP contribution in [0.3, 0.4) is 0 Å². The average molecular weight is 306 g/mol. The second-order valence-electron chi connectivity index (χ2n) is 5.22. The first-order chi connectivity index (χ1) is 11.0. The zero-order valence-electron chi connectivity index (χ0n) is 13.4. The molecule has 0 unspecified atom stereocenters. The van der Waals surface area contributed by atoms with Crippen molar-refractivity contribution in [1.82, 2.24) is 0 Å². The van der Waals surface area contributed by atoms with Gasteiger partial charge in [-0.15, -0.1) is 0 Å². The van der Waals surface area contributed by atoms with E-state index in [2.05, 4.69) is 5.32 Å². The van der Waals surface area contributed by atoms with Crippen molar-refractivity contribution in [1.29, 1.82) is 5.26 Å². The molecule has 1 N–H and O–H groups in total. The Bertz CT molecular complexity index is 801. The number of anilines is 1. The van der Waals surface area contributed by atoms with Crippen molar-refractivity contribution in [3.8, 4) is 11.8 Å². The second kappa shape index (κ2) is 7.28. The average Bonchev–Trinajstić information content (AvgIpc) is 2.54. The monoisotopic (exact) mass is 306 g/mol. The summed E-state index contributed by atoms with van der Waals surface area (Å²) in [5.41, 5.74) is 3.65. The SMILES string of the molecule is COc1cccc(NC(=O)/C(C#N)=C\c2ccc(C)cc2C)c1. The Morgan fingerprint density at radius 3 is 2.65 bits per heavy atom. The van der Waals surface area contributed by atoms with Crippen molar-refractivity contribution < 1.29 is 9.53 Å². The molecule has 0 saturated heterocycles. The number of aryl methyl sites for hydroxylation is 2. The maximum Gasteiger partial charge on any atom is 0.266 e. The topological polar surface area (TPSA) is 62.1 Å². The molecule has 0 aliphatic rings. The van der Waals surface area contributed by atoms with Crippen molar-refractivity contribution in [3.63, 3.8) is 0 Å². The number of hydrogen-bond acceptors (Lipinski definition) is 3. The quantitative estimate of drug-likeness (QED) is 0.689. The smallest absolute Gasteiger partial charge is 0.266 e. The first-order valence-corrected chi connectivity index (χ1v) is 7.18. The molecular weight excluding hydrogens is 288 g/mol. The van der Waals surface area contributed by atoms with Crippen LogP contribution in [0.25, 0.3) is 6.08 Å². The fourth-order valence-corrected chi connectivity index (χ4v) is 2.19. The van der Waals surface area contributed by atoms with E-state index < -0.39 is 5.91 Å². The summed E-state index contributed by atoms with van der Waals surface area (Å²) in [5, 5.41) is 12.0. The minimum absolute atomic E-state index is 0.0553. The zero-order valence-corrected chi connectivity index (χ0v) is 13.4. The van der Waals surface area contributed by atoms with E-state index in [1.807, 2.05) is 38.1 Å². The van der Waals surface area contributed by atoms with Crippen molar-refractivity contribution in [3.05, 3.63) is 64.7 Å². The Hall–Kier alpha value is -3.06. The van der Waals surface area contributed by atoms with E-state index in [1.54, 1.807) is 37.5 Å². The van der Waals surface area contributed by atoms with Crippen LogP contribution in [0.4, 0.5) is 5.69 Å². The Balaban J connectivity index is 2.24. The van der Waals surface area contributed by atoms with Crippen LogP contribution in [-0.2, 0) is 4.79 Å². The molecule has 0 heterocycles. The van der Waals surface area contributed by atoms with Gasteiger partial charge in [0.1, 0.15) is 17.4 Å². The minimum Gasteiger partial charge on any atom is -0.497 e. The highest BCUT2D eigenvalue weighted by molar-refractivity contribution is 6.09. The van der Waals surface area contributed by atoms with E-state index in [0.29, 0.717) is 11.4 Å². The predicted octanol–water partition coefficient (Wildman–Crippen LogP) is 3.86. The van der Waals surface area contributed by atoms with Gasteiger partial charge < -0.3 is 10.1 Å². The minimum atomic E-state index is -0.444. The lowest BCUT2D eigenvalue weighted by molar-refractivity contribution is -0.112. The lowest BCUT2D eigenvalue weighted by Crippen LogP contribution is -2.13. The number of ether oxygens (including phenoxy) is 1. The van der Waals surface area contributed by atoms with Gasteiger partial charge in [-0.05, 0) is 43.2 Å². The van der Waals surface area contributed by atoms with Crippen molar-refractivity contribution in [2.75, 3.05) is 12.4 Å². The Morgan fingerprint density at radius 2 is 2.00 bits per heavy atom. The van der Waals surface area contributed by atoms with Crippen LogP contribution in [0.15, 0.2) is 48.0 Å². The molecule has 0 aliphatic heterocycles. The molecule has 23 heavy (non-hydrogen) atoms. The number of nitriles is 1. The molecule has 0 spiro atoms. The van der Waals surface area contributed by atoms with E-state index in [9.17, 15) is 10.1 Å². The second-order valence-corrected chi connectivity index (χ2v) is 5.22. The molecular formula is C19H18N2O2. The third-order valence-electron chi connectivity index (χ3n) is 3.42. The molecule has 116 valence electrons. The summed E-state index contributed by atoms with van der Waals surface area (Å²) in [7, 11) is 1.56. The van der Waals surface area contributed by atoms with Gasteiger partial charge in [0, 0.05) is 11.8 Å². The molecule has 1 amide bonds. The summed E-state index contributed by atoms with van der Waals surface area (Å²) < 4.78 is 5.11. The maximum atomic E-state index is 12.3. The number of methoxy groups -OCH3 is 1. The third kappa shape index (κ3) is 4.21. The summed E-state index contributed by atoms with van der Waals surface area (Å²) in [6, 6.07) is 14.8. The molecule has 4 heteroatoms. The van der Waals surface area contributed by atoms with Gasteiger partial charge in [-0.3, -0.25) is 4.79 Å². The predicted molar refractivity (Wildman–Crippen MR) is 91.1 cm³/mol. The van der Waals surface area contributed by atoms with E-state index in [0.717, 1.165) is 16.7 Å². The van der Waals surface area contributed by atoms with Gasteiger partial charge in [-0.2, -0.15) is 5.26 Å². The van der Waals surface area contributed by atoms with Gasteiger partial charge in [-0.1, -0.05) is 29.8 Å². The number of nitrogens with one attached hydrogen (secondary N) is 1.